The molecule has 0 saturated carbocycles. The lowest BCUT2D eigenvalue weighted by atomic mass is 10.0. The van der Waals surface area contributed by atoms with Crippen molar-refractivity contribution in [2.75, 3.05) is 18.0 Å². The third-order valence-electron chi connectivity index (χ3n) is 7.60. The second-order valence-corrected chi connectivity index (χ2v) is 11.3. The molecule has 0 fully saturated rings. The monoisotopic (exact) mass is 601 g/mol. The van der Waals surface area contributed by atoms with Crippen molar-refractivity contribution in [1.29, 1.82) is 0 Å². The van der Waals surface area contributed by atoms with E-state index in [0.717, 1.165) is 28.4 Å². The molecule has 3 amide bonds. The van der Waals surface area contributed by atoms with Gasteiger partial charge in [-0.1, -0.05) is 90.8 Å². The van der Waals surface area contributed by atoms with E-state index in [2.05, 4.69) is 5.32 Å². The molecule has 0 spiro atoms. The predicted octanol–water partition coefficient (Wildman–Crippen LogP) is 7.05. The predicted molar refractivity (Wildman–Crippen MR) is 169 cm³/mol. The zero-order valence-corrected chi connectivity index (χ0v) is 25.0. The lowest BCUT2D eigenvalue weighted by Gasteiger charge is -2.32. The molecule has 1 N–H and O–H groups in total. The van der Waals surface area contributed by atoms with Gasteiger partial charge in [0.1, 0.15) is 6.04 Å². The van der Waals surface area contributed by atoms with Gasteiger partial charge in [-0.05, 0) is 53.6 Å². The van der Waals surface area contributed by atoms with Gasteiger partial charge in [-0.2, -0.15) is 0 Å². The van der Waals surface area contributed by atoms with E-state index >= 15 is 0 Å². The van der Waals surface area contributed by atoms with Crippen LogP contribution in [0.25, 0.3) is 10.8 Å². The molecule has 0 aromatic heterocycles. The van der Waals surface area contributed by atoms with Gasteiger partial charge in [0.25, 0.3) is 5.91 Å². The number of anilines is 1. The van der Waals surface area contributed by atoms with Crippen LogP contribution in [0.2, 0.25) is 10.0 Å². The minimum Gasteiger partial charge on any atom is -0.354 e. The summed E-state index contributed by atoms with van der Waals surface area (Å²) in [4.78, 5) is 44.1. The van der Waals surface area contributed by atoms with Crippen molar-refractivity contribution in [3.63, 3.8) is 0 Å². The van der Waals surface area contributed by atoms with Crippen LogP contribution < -0.4 is 10.2 Å². The van der Waals surface area contributed by atoms with Gasteiger partial charge in [0.05, 0.1) is 5.69 Å². The summed E-state index contributed by atoms with van der Waals surface area (Å²) >= 11 is 12.7. The first kappa shape index (κ1) is 29.6. The molecule has 1 atom stereocenters. The molecule has 216 valence electrons. The third kappa shape index (κ3) is 6.45. The molecule has 0 unspecified atom stereocenters. The van der Waals surface area contributed by atoms with Crippen LogP contribution in [0.1, 0.15) is 47.7 Å². The number of amides is 3. The SMILES string of the molecule is CCCNC(=O)[C@H](Cc1ccccc1)N(Cc1ccc(Cl)cc1Cl)C(=O)CCCN1C(=O)c2cccc3cccc1c23. The number of nitrogens with one attached hydrogen (secondary N) is 1. The number of hydrogen-bond donors (Lipinski definition) is 1. The Bertz CT molecular complexity index is 1600. The number of nitrogens with zero attached hydrogens (tertiary/aromatic N) is 2. The average Bonchev–Trinajstić information content (AvgIpc) is 3.27. The second-order valence-electron chi connectivity index (χ2n) is 10.5. The Hall–Kier alpha value is -3.87. The maximum atomic E-state index is 14.0. The zero-order chi connectivity index (χ0) is 29.6. The molecule has 1 aliphatic heterocycles. The summed E-state index contributed by atoms with van der Waals surface area (Å²) in [7, 11) is 0. The number of rotatable bonds is 12. The van der Waals surface area contributed by atoms with Crippen LogP contribution in [0, 0.1) is 0 Å². The van der Waals surface area contributed by atoms with Crippen LogP contribution in [0.4, 0.5) is 5.69 Å². The standard InChI is InChI=1S/C34H33Cl2N3O3/c1-2-18-37-33(41)30(20-23-9-4-3-5-10-23)39(22-25-16-17-26(35)21-28(25)36)31(40)15-8-19-38-29-14-7-12-24-11-6-13-27(32(24)29)34(38)42/h3-7,9-14,16-17,21,30H,2,8,15,18-20,22H2,1H3,(H,37,41)/t30-/m0/s1. The highest BCUT2D eigenvalue weighted by atomic mass is 35.5. The Morgan fingerprint density at radius 2 is 1.71 bits per heavy atom. The summed E-state index contributed by atoms with van der Waals surface area (Å²) in [5.41, 5.74) is 3.20. The molecule has 0 bridgehead atoms. The van der Waals surface area contributed by atoms with E-state index in [9.17, 15) is 14.4 Å². The topological polar surface area (TPSA) is 69.7 Å². The van der Waals surface area contributed by atoms with E-state index in [0.29, 0.717) is 47.1 Å². The Balaban J connectivity index is 1.38. The molecule has 1 heterocycles. The van der Waals surface area contributed by atoms with E-state index in [1.807, 2.05) is 73.7 Å². The average molecular weight is 603 g/mol. The van der Waals surface area contributed by atoms with Crippen LogP contribution in [0.5, 0.6) is 0 Å². The van der Waals surface area contributed by atoms with Crippen molar-refractivity contribution in [3.8, 4) is 0 Å². The van der Waals surface area contributed by atoms with Crippen LogP contribution in [0.3, 0.4) is 0 Å². The summed E-state index contributed by atoms with van der Waals surface area (Å²) < 4.78 is 0. The molecule has 4 aromatic carbocycles. The van der Waals surface area contributed by atoms with E-state index in [-0.39, 0.29) is 30.7 Å². The first-order chi connectivity index (χ1) is 20.4. The lowest BCUT2D eigenvalue weighted by molar-refractivity contribution is -0.141. The number of benzene rings is 4. The highest BCUT2D eigenvalue weighted by molar-refractivity contribution is 6.35. The van der Waals surface area contributed by atoms with E-state index < -0.39 is 6.04 Å². The van der Waals surface area contributed by atoms with E-state index in [4.69, 9.17) is 23.2 Å². The zero-order valence-electron chi connectivity index (χ0n) is 23.5. The smallest absolute Gasteiger partial charge is 0.258 e. The molecule has 0 aliphatic carbocycles. The lowest BCUT2D eigenvalue weighted by Crippen LogP contribution is -2.50. The van der Waals surface area contributed by atoms with Gasteiger partial charge < -0.3 is 15.1 Å². The van der Waals surface area contributed by atoms with Gasteiger partial charge in [-0.25, -0.2) is 0 Å². The van der Waals surface area contributed by atoms with Gasteiger partial charge in [0, 0.05) is 53.5 Å². The summed E-state index contributed by atoms with van der Waals surface area (Å²) in [5.74, 6) is -0.452. The third-order valence-corrected chi connectivity index (χ3v) is 8.18. The van der Waals surface area contributed by atoms with Crippen molar-refractivity contribution in [2.24, 2.45) is 0 Å². The molecule has 8 heteroatoms. The van der Waals surface area contributed by atoms with E-state index in [1.165, 1.54) is 0 Å². The van der Waals surface area contributed by atoms with Crippen molar-refractivity contribution in [3.05, 3.63) is 112 Å². The summed E-state index contributed by atoms with van der Waals surface area (Å²) in [6, 6.07) is 25.7. The summed E-state index contributed by atoms with van der Waals surface area (Å²) in [6.45, 7) is 3.04. The Kier molecular flexibility index (Phi) is 9.45. The van der Waals surface area contributed by atoms with Crippen molar-refractivity contribution in [1.82, 2.24) is 10.2 Å². The number of hydrogen-bond acceptors (Lipinski definition) is 3. The fraction of sp³-hybridized carbons (Fsp3) is 0.265. The maximum absolute atomic E-state index is 14.0. The first-order valence-corrected chi connectivity index (χ1v) is 15.0. The molecule has 5 rings (SSSR count). The molecule has 4 aromatic rings. The van der Waals surface area contributed by atoms with Crippen molar-refractivity contribution >= 4 is 57.4 Å². The highest BCUT2D eigenvalue weighted by Crippen LogP contribution is 2.37. The van der Waals surface area contributed by atoms with Gasteiger partial charge in [-0.3, -0.25) is 14.4 Å². The molecule has 42 heavy (non-hydrogen) atoms. The Morgan fingerprint density at radius 1 is 0.952 bits per heavy atom. The molecule has 6 nitrogen and oxygen atoms in total. The van der Waals surface area contributed by atoms with Gasteiger partial charge in [0.15, 0.2) is 0 Å². The molecule has 0 saturated heterocycles. The summed E-state index contributed by atoms with van der Waals surface area (Å²) in [5, 5.41) is 5.88. The minimum atomic E-state index is -0.746. The second kappa shape index (κ2) is 13.4. The number of carbonyl (C=O) groups excluding carboxylic acids is 3. The minimum absolute atomic E-state index is 0.0556. The quantitative estimate of drug-likeness (QED) is 0.189. The number of carbonyl (C=O) groups is 3. The number of halogens is 2. The molecule has 0 radical (unpaired) electrons. The van der Waals surface area contributed by atoms with Gasteiger partial charge in [0.2, 0.25) is 11.8 Å². The summed E-state index contributed by atoms with van der Waals surface area (Å²) in [6.07, 6.45) is 1.73. The molecular formula is C34H33Cl2N3O3. The van der Waals surface area contributed by atoms with Crippen LogP contribution in [-0.4, -0.2) is 41.8 Å². The fourth-order valence-electron chi connectivity index (χ4n) is 5.49. The largest absolute Gasteiger partial charge is 0.354 e. The maximum Gasteiger partial charge on any atom is 0.258 e. The van der Waals surface area contributed by atoms with Crippen molar-refractivity contribution < 1.29 is 14.4 Å². The normalized spacial score (nSPS) is 12.9. The van der Waals surface area contributed by atoms with Crippen LogP contribution >= 0.6 is 23.2 Å². The van der Waals surface area contributed by atoms with Crippen LogP contribution in [0.15, 0.2) is 84.9 Å². The Labute approximate surface area is 256 Å². The van der Waals surface area contributed by atoms with Gasteiger partial charge >= 0.3 is 0 Å². The highest BCUT2D eigenvalue weighted by Gasteiger charge is 2.32. The van der Waals surface area contributed by atoms with Crippen molar-refractivity contribution in [2.45, 2.75) is 45.2 Å². The van der Waals surface area contributed by atoms with E-state index in [1.54, 1.807) is 28.0 Å². The fourth-order valence-corrected chi connectivity index (χ4v) is 5.95. The Morgan fingerprint density at radius 3 is 2.45 bits per heavy atom. The van der Waals surface area contributed by atoms with Crippen LogP contribution in [-0.2, 0) is 22.6 Å². The molecule has 1 aliphatic rings. The first-order valence-electron chi connectivity index (χ1n) is 14.3. The molecular weight excluding hydrogens is 569 g/mol. The van der Waals surface area contributed by atoms with Gasteiger partial charge in [-0.15, -0.1) is 0 Å².